The van der Waals surface area contributed by atoms with Crippen LogP contribution in [0.5, 0.6) is 0 Å². The van der Waals surface area contributed by atoms with E-state index in [-0.39, 0.29) is 0 Å². The summed E-state index contributed by atoms with van der Waals surface area (Å²) in [6, 6.07) is 86.9. The first-order valence-corrected chi connectivity index (χ1v) is 20.1. The average molecular weight is 738 g/mol. The molecular weight excluding hydrogens is 699 g/mol. The van der Waals surface area contributed by atoms with Crippen molar-refractivity contribution in [3.63, 3.8) is 0 Å². The highest BCUT2D eigenvalue weighted by Crippen LogP contribution is 2.57. The molecular formula is C57H39N. The molecule has 1 nitrogen and oxygen atoms in total. The molecule has 0 amide bonds. The highest BCUT2D eigenvalue weighted by atomic mass is 15.1. The van der Waals surface area contributed by atoms with Crippen molar-refractivity contribution in [2.75, 3.05) is 4.90 Å². The van der Waals surface area contributed by atoms with E-state index in [1.807, 2.05) is 0 Å². The van der Waals surface area contributed by atoms with Crippen LogP contribution in [0.1, 0.15) is 22.3 Å². The third-order valence-electron chi connectivity index (χ3n) is 12.1. The topological polar surface area (TPSA) is 3.24 Å². The molecule has 0 aromatic heterocycles. The van der Waals surface area contributed by atoms with E-state index in [2.05, 4.69) is 241 Å². The zero-order valence-corrected chi connectivity index (χ0v) is 32.0. The Balaban J connectivity index is 1.16. The zero-order chi connectivity index (χ0) is 38.5. The Morgan fingerprint density at radius 2 is 0.845 bits per heavy atom. The van der Waals surface area contributed by atoms with Gasteiger partial charge in [-0.2, -0.15) is 0 Å². The standard InChI is InChI=1S/C57H39N/c1-3-16-40(17-4-1)44-22-13-25-46(38-44)57(45-23-5-2-6-24-45)54-30-12-11-28-52(54)53-37-36-48(39-55(53)57)58(56-31-15-21-42-19-8-10-27-51(42)56)47-34-32-43(33-35-47)50-29-14-20-41-18-7-9-26-49(41)50/h1-39H. The first kappa shape index (κ1) is 33.8. The van der Waals surface area contributed by atoms with E-state index in [0.29, 0.717) is 0 Å². The lowest BCUT2D eigenvalue weighted by atomic mass is 9.67. The molecule has 0 saturated heterocycles. The summed E-state index contributed by atoms with van der Waals surface area (Å²) in [6.07, 6.45) is 0. The Labute approximate surface area is 339 Å². The van der Waals surface area contributed by atoms with Gasteiger partial charge in [0.25, 0.3) is 0 Å². The van der Waals surface area contributed by atoms with E-state index in [9.17, 15) is 0 Å². The van der Waals surface area contributed by atoms with Crippen LogP contribution in [0.25, 0.3) is 54.9 Å². The highest BCUT2D eigenvalue weighted by molar-refractivity contribution is 6.01. The van der Waals surface area contributed by atoms with Crippen molar-refractivity contribution in [1.82, 2.24) is 0 Å². The summed E-state index contributed by atoms with van der Waals surface area (Å²) in [6.45, 7) is 0. The number of hydrogen-bond donors (Lipinski definition) is 0. The van der Waals surface area contributed by atoms with Crippen molar-refractivity contribution in [1.29, 1.82) is 0 Å². The Morgan fingerprint density at radius 1 is 0.293 bits per heavy atom. The van der Waals surface area contributed by atoms with Gasteiger partial charge in [-0.3, -0.25) is 0 Å². The van der Waals surface area contributed by atoms with Gasteiger partial charge in [0.15, 0.2) is 0 Å². The molecule has 10 aromatic rings. The number of nitrogens with zero attached hydrogens (tertiary/aromatic N) is 1. The van der Waals surface area contributed by atoms with Crippen LogP contribution >= 0.6 is 0 Å². The summed E-state index contributed by atoms with van der Waals surface area (Å²) in [7, 11) is 0. The number of benzene rings is 10. The fourth-order valence-corrected chi connectivity index (χ4v) is 9.54. The van der Waals surface area contributed by atoms with E-state index in [0.717, 1.165) is 17.1 Å². The molecule has 0 N–H and O–H groups in total. The van der Waals surface area contributed by atoms with Crippen LogP contribution < -0.4 is 4.90 Å². The molecule has 1 aliphatic rings. The van der Waals surface area contributed by atoms with Gasteiger partial charge < -0.3 is 4.90 Å². The SMILES string of the molecule is c1ccc(-c2cccc(C3(c4ccccc4)c4ccccc4-c4ccc(N(c5ccc(-c6cccc7ccccc67)cc5)c5cccc6ccccc56)cc43)c2)cc1. The third kappa shape index (κ3) is 5.39. The zero-order valence-electron chi connectivity index (χ0n) is 32.0. The second-order valence-corrected chi connectivity index (χ2v) is 15.2. The Kier molecular flexibility index (Phi) is 8.12. The minimum atomic E-state index is -0.559. The smallest absolute Gasteiger partial charge is 0.0714 e. The normalized spacial score (nSPS) is 14.3. The summed E-state index contributed by atoms with van der Waals surface area (Å²) in [5, 5.41) is 4.92. The van der Waals surface area contributed by atoms with Crippen molar-refractivity contribution < 1.29 is 0 Å². The molecule has 0 bridgehead atoms. The van der Waals surface area contributed by atoms with Gasteiger partial charge in [-0.1, -0.05) is 200 Å². The molecule has 58 heavy (non-hydrogen) atoms. The van der Waals surface area contributed by atoms with Gasteiger partial charge in [-0.15, -0.1) is 0 Å². The maximum atomic E-state index is 2.47. The Morgan fingerprint density at radius 3 is 1.66 bits per heavy atom. The highest BCUT2D eigenvalue weighted by Gasteiger charge is 2.46. The number of rotatable bonds is 7. The van der Waals surface area contributed by atoms with Crippen LogP contribution in [-0.2, 0) is 5.41 Å². The van der Waals surface area contributed by atoms with Crippen LogP contribution in [0.3, 0.4) is 0 Å². The summed E-state index contributed by atoms with van der Waals surface area (Å²) in [4.78, 5) is 2.45. The lowest BCUT2D eigenvalue weighted by molar-refractivity contribution is 0.769. The molecule has 0 saturated carbocycles. The van der Waals surface area contributed by atoms with Gasteiger partial charge in [0, 0.05) is 16.8 Å². The predicted molar refractivity (Wildman–Crippen MR) is 244 cm³/mol. The summed E-state index contributed by atoms with van der Waals surface area (Å²) >= 11 is 0. The Bertz CT molecular complexity index is 3100. The maximum absolute atomic E-state index is 2.47. The van der Waals surface area contributed by atoms with Crippen LogP contribution in [0.15, 0.2) is 237 Å². The molecule has 10 aromatic carbocycles. The van der Waals surface area contributed by atoms with E-state index < -0.39 is 5.41 Å². The minimum absolute atomic E-state index is 0.559. The summed E-state index contributed by atoms with van der Waals surface area (Å²) in [5.41, 5.74) is 15.3. The van der Waals surface area contributed by atoms with Crippen LogP contribution in [0.2, 0.25) is 0 Å². The van der Waals surface area contributed by atoms with E-state index >= 15 is 0 Å². The minimum Gasteiger partial charge on any atom is -0.310 e. The molecule has 11 rings (SSSR count). The lowest BCUT2D eigenvalue weighted by Gasteiger charge is -2.35. The van der Waals surface area contributed by atoms with Gasteiger partial charge in [-0.05, 0) is 108 Å². The molecule has 1 atom stereocenters. The van der Waals surface area contributed by atoms with E-state index in [1.165, 1.54) is 77.2 Å². The number of fused-ring (bicyclic) bond motifs is 5. The van der Waals surface area contributed by atoms with Gasteiger partial charge in [0.2, 0.25) is 0 Å². The third-order valence-corrected chi connectivity index (χ3v) is 12.1. The monoisotopic (exact) mass is 737 g/mol. The second kappa shape index (κ2) is 13.9. The molecule has 0 spiro atoms. The van der Waals surface area contributed by atoms with E-state index in [4.69, 9.17) is 0 Å². The summed E-state index contributed by atoms with van der Waals surface area (Å²) in [5.74, 6) is 0. The molecule has 272 valence electrons. The molecule has 0 radical (unpaired) electrons. The first-order valence-electron chi connectivity index (χ1n) is 20.1. The largest absolute Gasteiger partial charge is 0.310 e. The van der Waals surface area contributed by atoms with Gasteiger partial charge in [-0.25, -0.2) is 0 Å². The molecule has 1 unspecified atom stereocenters. The van der Waals surface area contributed by atoms with Crippen molar-refractivity contribution >= 4 is 38.6 Å². The fraction of sp³-hybridized carbons (Fsp3) is 0.0175. The lowest BCUT2D eigenvalue weighted by Crippen LogP contribution is -2.29. The first-order chi connectivity index (χ1) is 28.8. The van der Waals surface area contributed by atoms with Crippen molar-refractivity contribution in [3.05, 3.63) is 259 Å². The van der Waals surface area contributed by atoms with Crippen molar-refractivity contribution in [2.24, 2.45) is 0 Å². The van der Waals surface area contributed by atoms with Gasteiger partial charge >= 0.3 is 0 Å². The second-order valence-electron chi connectivity index (χ2n) is 15.2. The molecule has 0 fully saturated rings. The fourth-order valence-electron chi connectivity index (χ4n) is 9.54. The number of anilines is 3. The number of hydrogen-bond acceptors (Lipinski definition) is 1. The van der Waals surface area contributed by atoms with Crippen LogP contribution in [0, 0.1) is 0 Å². The van der Waals surface area contributed by atoms with Gasteiger partial charge in [0.05, 0.1) is 11.1 Å². The molecule has 0 heterocycles. The van der Waals surface area contributed by atoms with Crippen LogP contribution in [0.4, 0.5) is 17.1 Å². The quantitative estimate of drug-likeness (QED) is 0.157. The van der Waals surface area contributed by atoms with E-state index in [1.54, 1.807) is 0 Å². The summed E-state index contributed by atoms with van der Waals surface area (Å²) < 4.78 is 0. The maximum Gasteiger partial charge on any atom is 0.0714 e. The van der Waals surface area contributed by atoms with Gasteiger partial charge in [0.1, 0.15) is 0 Å². The van der Waals surface area contributed by atoms with Crippen molar-refractivity contribution in [2.45, 2.75) is 5.41 Å². The molecule has 1 heteroatoms. The Hall–Kier alpha value is -7.48. The van der Waals surface area contributed by atoms with Crippen LogP contribution in [-0.4, -0.2) is 0 Å². The van der Waals surface area contributed by atoms with Crippen molar-refractivity contribution in [3.8, 4) is 33.4 Å². The molecule has 0 aliphatic heterocycles. The predicted octanol–water partition coefficient (Wildman–Crippen LogP) is 15.2. The molecule has 1 aliphatic carbocycles. The average Bonchev–Trinajstić information content (AvgIpc) is 3.60.